The Morgan fingerprint density at radius 2 is 2.09 bits per heavy atom. The number of aliphatic hydroxyl groups excluding tert-OH is 1. The van der Waals surface area contributed by atoms with Crippen LogP contribution in [-0.4, -0.2) is 46.4 Å². The molecule has 0 radical (unpaired) electrons. The van der Waals surface area contributed by atoms with Crippen molar-refractivity contribution in [1.29, 1.82) is 5.26 Å². The highest BCUT2D eigenvalue weighted by atomic mass is 16.6. The normalized spacial score (nSPS) is 34.4. The average molecular weight is 445 g/mol. The molecule has 0 aromatic heterocycles. The van der Waals surface area contributed by atoms with E-state index in [2.05, 4.69) is 17.8 Å². The fourth-order valence-corrected chi connectivity index (χ4v) is 6.15. The summed E-state index contributed by atoms with van der Waals surface area (Å²) in [5.41, 5.74) is 6.31. The van der Waals surface area contributed by atoms with Crippen LogP contribution >= 0.6 is 0 Å². The number of benzene rings is 2. The molecule has 1 N–H and O–H groups in total. The number of hydrogen-bond donors (Lipinski definition) is 1. The molecule has 3 heterocycles. The number of anilines is 1. The Morgan fingerprint density at radius 1 is 1.36 bits per heavy atom. The third-order valence-electron chi connectivity index (χ3n) is 7.45. The number of nitrogens with zero attached hydrogens (tertiary/aromatic N) is 4. The van der Waals surface area contributed by atoms with Crippen LogP contribution < -0.4 is 4.90 Å². The molecule has 2 amide bonds. The third kappa shape index (κ3) is 2.32. The molecule has 3 unspecified atom stereocenters. The number of aliphatic hydroxyl groups is 1. The number of carbonyl (C=O) groups excluding carboxylic acids is 2. The molecule has 3 saturated heterocycles. The Bertz CT molecular complexity index is 1270. The third-order valence-corrected chi connectivity index (χ3v) is 7.45. The van der Waals surface area contributed by atoms with Crippen LogP contribution in [0.2, 0.25) is 0 Å². The zero-order chi connectivity index (χ0) is 23.6. The predicted octanol–water partition coefficient (Wildman–Crippen LogP) is 2.80. The van der Waals surface area contributed by atoms with Gasteiger partial charge in [0.1, 0.15) is 23.2 Å². The van der Waals surface area contributed by atoms with Gasteiger partial charge >= 0.3 is 0 Å². The number of amides is 2. The van der Waals surface area contributed by atoms with Gasteiger partial charge in [-0.2, -0.15) is 5.26 Å². The largest absolute Gasteiger partial charge is 0.711 e. The summed E-state index contributed by atoms with van der Waals surface area (Å²) in [6.45, 7) is 4.90. The Balaban J connectivity index is 1.74. The maximum absolute atomic E-state index is 14.0. The lowest BCUT2D eigenvalue weighted by Gasteiger charge is -2.43. The first-order valence-corrected chi connectivity index (χ1v) is 10.6. The molecular formula is C24H21N4O5-. The number of carbonyl (C=O) groups is 2. The molecule has 2 aromatic rings. The van der Waals surface area contributed by atoms with Crippen molar-refractivity contribution in [2.75, 3.05) is 11.5 Å². The van der Waals surface area contributed by atoms with Crippen LogP contribution in [0, 0.1) is 17.2 Å². The minimum Gasteiger partial charge on any atom is -0.711 e. The molecule has 3 aliphatic rings. The van der Waals surface area contributed by atoms with Crippen molar-refractivity contribution in [3.8, 4) is 6.07 Å². The second-order valence-corrected chi connectivity index (χ2v) is 8.82. The summed E-state index contributed by atoms with van der Waals surface area (Å²) in [6.07, 6.45) is 0.729. The monoisotopic (exact) mass is 445 g/mol. The predicted molar refractivity (Wildman–Crippen MR) is 117 cm³/mol. The maximum Gasteiger partial charge on any atom is 0.263 e. The number of hydrogen-bond acceptors (Lipinski definition) is 7. The van der Waals surface area contributed by atoms with Crippen LogP contribution in [0.1, 0.15) is 25.3 Å². The molecule has 33 heavy (non-hydrogen) atoms. The van der Waals surface area contributed by atoms with Gasteiger partial charge in [0.25, 0.3) is 5.91 Å². The van der Waals surface area contributed by atoms with E-state index in [0.29, 0.717) is 22.0 Å². The van der Waals surface area contributed by atoms with E-state index in [1.54, 1.807) is 43.3 Å². The van der Waals surface area contributed by atoms with E-state index in [1.807, 2.05) is 0 Å². The van der Waals surface area contributed by atoms with Gasteiger partial charge in [0.15, 0.2) is 5.54 Å². The highest BCUT2D eigenvalue weighted by molar-refractivity contribution is 6.29. The molecular weight excluding hydrogens is 424 g/mol. The standard InChI is InChI=1S/C24H21N4O5/c1-3-32-18-12-23(10-11-29)24(27-26)19(22(18,2)33-23)20(30)28(21(24)31)17-9-8-14(13-25)15-6-4-5-7-16(15)17/h3-9,18-19,29H,1,10-12H2,2H3/q-1/t18-,19?,22?,23?,24-/m0/s1. The van der Waals surface area contributed by atoms with Crippen molar-refractivity contribution in [1.82, 2.24) is 0 Å². The van der Waals surface area contributed by atoms with Gasteiger partial charge in [-0.05, 0) is 19.1 Å². The van der Waals surface area contributed by atoms with Crippen molar-refractivity contribution in [2.45, 2.75) is 42.6 Å². The van der Waals surface area contributed by atoms with Crippen LogP contribution in [0.5, 0.6) is 0 Å². The average Bonchev–Trinajstić information content (AvgIpc) is 3.32. The lowest BCUT2D eigenvalue weighted by molar-refractivity contribution is -0.134. The van der Waals surface area contributed by atoms with Crippen LogP contribution in [0.15, 0.2) is 54.4 Å². The quantitative estimate of drug-likeness (QED) is 0.413. The second-order valence-electron chi connectivity index (χ2n) is 8.82. The molecule has 2 bridgehead atoms. The van der Waals surface area contributed by atoms with Gasteiger partial charge in [0.05, 0.1) is 23.6 Å². The zero-order valence-electron chi connectivity index (χ0n) is 17.9. The number of nitriles is 1. The summed E-state index contributed by atoms with van der Waals surface area (Å²) in [6, 6.07) is 12.2. The lowest BCUT2D eigenvalue weighted by atomic mass is 9.61. The Hall–Kier alpha value is -3.61. The second kappa shape index (κ2) is 6.94. The first kappa shape index (κ1) is 21.2. The van der Waals surface area contributed by atoms with Gasteiger partial charge < -0.3 is 25.2 Å². The van der Waals surface area contributed by atoms with Gasteiger partial charge in [0, 0.05) is 30.2 Å². The minimum absolute atomic E-state index is 0.0267. The van der Waals surface area contributed by atoms with E-state index in [0.717, 1.165) is 4.90 Å². The van der Waals surface area contributed by atoms with E-state index >= 15 is 0 Å². The number of imide groups is 1. The summed E-state index contributed by atoms with van der Waals surface area (Å²) in [5, 5.41) is 23.9. The minimum atomic E-state index is -1.93. The van der Waals surface area contributed by atoms with E-state index < -0.39 is 40.6 Å². The van der Waals surface area contributed by atoms with Crippen molar-refractivity contribution < 1.29 is 24.2 Å². The number of ether oxygens (including phenoxy) is 2. The first-order valence-electron chi connectivity index (χ1n) is 10.6. The molecule has 0 saturated carbocycles. The van der Waals surface area contributed by atoms with Gasteiger partial charge in [-0.3, -0.25) is 9.59 Å². The SMILES string of the molecule is C=CO[C@H]1CC2(CCO)OC1(C)C1C(=O)N(c3ccc(C#N)c4ccccc34)C(=O)[C@@]12N=[N-]. The summed E-state index contributed by atoms with van der Waals surface area (Å²) >= 11 is 0. The molecule has 0 spiro atoms. The van der Waals surface area contributed by atoms with E-state index in [1.165, 1.54) is 6.26 Å². The van der Waals surface area contributed by atoms with Crippen molar-refractivity contribution in [3.05, 3.63) is 60.3 Å². The van der Waals surface area contributed by atoms with E-state index in [4.69, 9.17) is 9.47 Å². The van der Waals surface area contributed by atoms with Gasteiger partial charge in [-0.15, -0.1) is 0 Å². The molecule has 3 aliphatic heterocycles. The summed E-state index contributed by atoms with van der Waals surface area (Å²) in [7, 11) is 0. The van der Waals surface area contributed by atoms with Crippen LogP contribution in [-0.2, 0) is 19.1 Å². The van der Waals surface area contributed by atoms with E-state index in [9.17, 15) is 25.5 Å². The summed E-state index contributed by atoms with van der Waals surface area (Å²) in [5.74, 6) is -2.50. The molecule has 9 nitrogen and oxygen atoms in total. The highest BCUT2D eigenvalue weighted by Crippen LogP contribution is 2.66. The highest BCUT2D eigenvalue weighted by Gasteiger charge is 2.85. The Morgan fingerprint density at radius 3 is 2.73 bits per heavy atom. The van der Waals surface area contributed by atoms with Gasteiger partial charge in [-0.1, -0.05) is 30.8 Å². The number of fused-ring (bicyclic) bond motifs is 6. The van der Waals surface area contributed by atoms with Crippen molar-refractivity contribution in [2.24, 2.45) is 11.0 Å². The molecule has 9 heteroatoms. The molecule has 0 aliphatic carbocycles. The van der Waals surface area contributed by atoms with Crippen molar-refractivity contribution in [3.63, 3.8) is 0 Å². The topological polar surface area (TPSA) is 135 Å². The molecule has 2 aromatic carbocycles. The van der Waals surface area contributed by atoms with Crippen LogP contribution in [0.4, 0.5) is 5.69 Å². The summed E-state index contributed by atoms with van der Waals surface area (Å²) in [4.78, 5) is 28.9. The molecule has 168 valence electrons. The fraction of sp³-hybridized carbons (Fsp3) is 0.375. The van der Waals surface area contributed by atoms with Gasteiger partial charge in [0.2, 0.25) is 5.91 Å². The first-order chi connectivity index (χ1) is 15.8. The summed E-state index contributed by atoms with van der Waals surface area (Å²) < 4.78 is 11.9. The molecule has 3 fully saturated rings. The maximum atomic E-state index is 14.0. The number of rotatable bonds is 6. The van der Waals surface area contributed by atoms with Gasteiger partial charge in [-0.25, -0.2) is 4.90 Å². The fourth-order valence-electron chi connectivity index (χ4n) is 6.15. The molecule has 5 atom stereocenters. The molecule has 5 rings (SSSR count). The van der Waals surface area contributed by atoms with E-state index in [-0.39, 0.29) is 19.4 Å². The van der Waals surface area contributed by atoms with Crippen LogP contribution in [0.3, 0.4) is 0 Å². The smallest absolute Gasteiger partial charge is 0.263 e. The zero-order valence-corrected chi connectivity index (χ0v) is 17.9. The van der Waals surface area contributed by atoms with Crippen LogP contribution in [0.25, 0.3) is 16.3 Å². The Labute approximate surface area is 189 Å². The van der Waals surface area contributed by atoms with Crippen molar-refractivity contribution >= 4 is 28.3 Å². The lowest BCUT2D eigenvalue weighted by Crippen LogP contribution is -2.62. The Kier molecular flexibility index (Phi) is 4.47.